The minimum absolute atomic E-state index is 0.0313. The fraction of sp³-hybridized carbons (Fsp3) is 0.333. The Morgan fingerprint density at radius 1 is 1.29 bits per heavy atom. The molecule has 2 aromatic carbocycles. The Morgan fingerprint density at radius 2 is 2.06 bits per heavy atom. The topological polar surface area (TPSA) is 102 Å². The van der Waals surface area contributed by atoms with Crippen LogP contribution in [-0.4, -0.2) is 39.0 Å². The van der Waals surface area contributed by atoms with Crippen LogP contribution in [0.1, 0.15) is 36.1 Å². The molecule has 5 rings (SSSR count). The molecule has 3 heterocycles. The van der Waals surface area contributed by atoms with E-state index >= 15 is 0 Å². The van der Waals surface area contributed by atoms with Gasteiger partial charge in [-0.3, -0.25) is 20.5 Å². The lowest BCUT2D eigenvalue weighted by molar-refractivity contribution is -0.385. The second-order valence-electron chi connectivity index (χ2n) is 7.91. The molecule has 3 aliphatic rings. The van der Waals surface area contributed by atoms with Gasteiger partial charge in [0, 0.05) is 22.8 Å². The molecule has 0 fully saturated rings. The average molecular weight is 439 g/mol. The largest absolute Gasteiger partial charge is 0.454 e. The summed E-state index contributed by atoms with van der Waals surface area (Å²) in [5.74, 6) is 1.36. The van der Waals surface area contributed by atoms with E-state index in [1.165, 1.54) is 11.8 Å². The summed E-state index contributed by atoms with van der Waals surface area (Å²) in [4.78, 5) is 10.7. The molecular formula is C21H21N5O4S. The van der Waals surface area contributed by atoms with Gasteiger partial charge in [-0.1, -0.05) is 23.9 Å². The minimum Gasteiger partial charge on any atom is -0.454 e. The van der Waals surface area contributed by atoms with E-state index in [1.54, 1.807) is 24.6 Å². The molecule has 9 nitrogen and oxygen atoms in total. The van der Waals surface area contributed by atoms with Gasteiger partial charge in [-0.05, 0) is 44.9 Å². The summed E-state index contributed by atoms with van der Waals surface area (Å²) in [6, 6.07) is 9.16. The van der Waals surface area contributed by atoms with Crippen LogP contribution in [0.5, 0.6) is 11.5 Å². The number of ether oxygens (including phenoxy) is 2. The van der Waals surface area contributed by atoms with E-state index in [9.17, 15) is 10.1 Å². The number of aryl methyl sites for hydroxylation is 1. The smallest absolute Gasteiger partial charge is 0.272 e. The van der Waals surface area contributed by atoms with Crippen molar-refractivity contribution in [2.45, 2.75) is 38.2 Å². The van der Waals surface area contributed by atoms with Crippen molar-refractivity contribution in [1.29, 1.82) is 0 Å². The van der Waals surface area contributed by atoms with Crippen molar-refractivity contribution in [3.8, 4) is 11.5 Å². The Labute approximate surface area is 183 Å². The summed E-state index contributed by atoms with van der Waals surface area (Å²) in [7, 11) is 0. The van der Waals surface area contributed by atoms with E-state index < -0.39 is 4.99 Å². The fourth-order valence-electron chi connectivity index (χ4n) is 4.13. The number of fused-ring (bicyclic) bond motifs is 2. The molecule has 160 valence electrons. The highest BCUT2D eigenvalue weighted by atomic mass is 32.2. The highest BCUT2D eigenvalue weighted by molar-refractivity contribution is 8.13. The molecule has 0 amide bonds. The van der Waals surface area contributed by atoms with E-state index in [4.69, 9.17) is 14.6 Å². The van der Waals surface area contributed by atoms with Crippen molar-refractivity contribution in [2.75, 3.05) is 6.79 Å². The van der Waals surface area contributed by atoms with Crippen LogP contribution >= 0.6 is 11.8 Å². The lowest BCUT2D eigenvalue weighted by Crippen LogP contribution is -2.52. The number of hydrogen-bond donors (Lipinski definition) is 1. The molecule has 0 spiro atoms. The van der Waals surface area contributed by atoms with E-state index in [0.29, 0.717) is 34.8 Å². The van der Waals surface area contributed by atoms with Crippen LogP contribution in [0.4, 0.5) is 5.69 Å². The quantitative estimate of drug-likeness (QED) is 0.576. The predicted molar refractivity (Wildman–Crippen MR) is 119 cm³/mol. The number of hydrazone groups is 2. The highest BCUT2D eigenvalue weighted by Crippen LogP contribution is 2.40. The van der Waals surface area contributed by atoms with E-state index in [2.05, 4.69) is 17.5 Å². The van der Waals surface area contributed by atoms with Gasteiger partial charge in [0.25, 0.3) is 5.69 Å². The van der Waals surface area contributed by atoms with Crippen molar-refractivity contribution >= 4 is 28.7 Å². The van der Waals surface area contributed by atoms with Crippen molar-refractivity contribution in [3.63, 3.8) is 0 Å². The number of nitro benzene ring substituents is 1. The maximum atomic E-state index is 11.6. The molecule has 10 heteroatoms. The van der Waals surface area contributed by atoms with Crippen LogP contribution in [0.25, 0.3) is 0 Å². The standard InChI is InChI=1S/C21H21N5O4S/c1-12-4-5-14(7-17(12)26(27)28)20-16-9-19-18(29-11-30-19)8-15(16)6-13(2)25(23-20)21(3)24-22-10-31-21/h4-5,7-10,13,24H,6,11H2,1-3H3. The molecule has 0 bridgehead atoms. The van der Waals surface area contributed by atoms with Crippen molar-refractivity contribution in [2.24, 2.45) is 10.2 Å². The SMILES string of the molecule is Cc1ccc(C2=NN(C3(C)NN=CS3)C(C)Cc3cc4c(cc32)OCO4)cc1[N+](=O)[O-]. The summed E-state index contributed by atoms with van der Waals surface area (Å²) in [6.45, 7) is 6.03. The second-order valence-corrected chi connectivity index (χ2v) is 9.16. The minimum atomic E-state index is -0.570. The Bertz CT molecular complexity index is 1140. The number of rotatable bonds is 3. The van der Waals surface area contributed by atoms with Crippen LogP contribution in [0.15, 0.2) is 40.5 Å². The predicted octanol–water partition coefficient (Wildman–Crippen LogP) is 3.58. The number of nitrogens with one attached hydrogen (secondary N) is 1. The normalized spacial score (nSPS) is 23.8. The Kier molecular flexibility index (Phi) is 4.54. The summed E-state index contributed by atoms with van der Waals surface area (Å²) >= 11 is 1.53. The molecule has 2 unspecified atom stereocenters. The number of hydrogen-bond acceptors (Lipinski definition) is 9. The Hall–Kier alpha value is -3.27. The molecule has 31 heavy (non-hydrogen) atoms. The Morgan fingerprint density at radius 3 is 2.77 bits per heavy atom. The summed E-state index contributed by atoms with van der Waals surface area (Å²) in [5, 5.41) is 22.8. The second kappa shape index (κ2) is 7.16. The van der Waals surface area contributed by atoms with Gasteiger partial charge < -0.3 is 9.47 Å². The van der Waals surface area contributed by atoms with Crippen molar-refractivity contribution in [1.82, 2.24) is 10.4 Å². The van der Waals surface area contributed by atoms with Crippen LogP contribution in [0, 0.1) is 17.0 Å². The zero-order valence-corrected chi connectivity index (χ0v) is 18.1. The zero-order chi connectivity index (χ0) is 21.8. The third kappa shape index (κ3) is 3.27. The fourth-order valence-corrected chi connectivity index (χ4v) is 4.87. The van der Waals surface area contributed by atoms with Crippen molar-refractivity contribution < 1.29 is 14.4 Å². The molecule has 2 aromatic rings. The number of benzene rings is 2. The Balaban J connectivity index is 1.72. The van der Waals surface area contributed by atoms with E-state index in [0.717, 1.165) is 11.1 Å². The molecule has 0 aliphatic carbocycles. The van der Waals surface area contributed by atoms with Gasteiger partial charge in [0.05, 0.1) is 22.2 Å². The van der Waals surface area contributed by atoms with Crippen molar-refractivity contribution in [3.05, 3.63) is 62.7 Å². The number of thioether (sulfide) groups is 1. The van der Waals surface area contributed by atoms with Crippen LogP contribution in [-0.2, 0) is 6.42 Å². The summed E-state index contributed by atoms with van der Waals surface area (Å²) in [5.41, 5.74) is 8.81. The van der Waals surface area contributed by atoms with Crippen LogP contribution in [0.3, 0.4) is 0 Å². The van der Waals surface area contributed by atoms with Gasteiger partial charge in [0.1, 0.15) is 0 Å². The first-order valence-corrected chi connectivity index (χ1v) is 10.8. The monoisotopic (exact) mass is 439 g/mol. The maximum absolute atomic E-state index is 11.6. The van der Waals surface area contributed by atoms with Gasteiger partial charge in [-0.15, -0.1) is 0 Å². The molecule has 3 aliphatic heterocycles. The molecule has 2 atom stereocenters. The lowest BCUT2D eigenvalue weighted by atomic mass is 9.93. The highest BCUT2D eigenvalue weighted by Gasteiger charge is 2.40. The van der Waals surface area contributed by atoms with Gasteiger partial charge in [-0.25, -0.2) is 0 Å². The third-order valence-corrected chi connectivity index (χ3v) is 6.67. The van der Waals surface area contributed by atoms with Gasteiger partial charge >= 0.3 is 0 Å². The molecule has 0 saturated carbocycles. The molecule has 1 N–H and O–H groups in total. The zero-order valence-electron chi connectivity index (χ0n) is 17.3. The van der Waals surface area contributed by atoms with Gasteiger partial charge in [0.15, 0.2) is 16.5 Å². The van der Waals surface area contributed by atoms with Crippen LogP contribution in [0.2, 0.25) is 0 Å². The maximum Gasteiger partial charge on any atom is 0.272 e. The molecule has 0 saturated heterocycles. The van der Waals surface area contributed by atoms with E-state index in [-0.39, 0.29) is 23.4 Å². The van der Waals surface area contributed by atoms with Crippen LogP contribution < -0.4 is 14.9 Å². The molecular weight excluding hydrogens is 418 g/mol. The first-order chi connectivity index (χ1) is 14.9. The number of nitrogens with zero attached hydrogens (tertiary/aromatic N) is 4. The lowest BCUT2D eigenvalue weighted by Gasteiger charge is -2.38. The van der Waals surface area contributed by atoms with Gasteiger partial charge in [-0.2, -0.15) is 10.2 Å². The summed E-state index contributed by atoms with van der Waals surface area (Å²) in [6.07, 6.45) is 0.713. The van der Waals surface area contributed by atoms with E-state index in [1.807, 2.05) is 30.1 Å². The summed E-state index contributed by atoms with van der Waals surface area (Å²) < 4.78 is 11.2. The molecule has 0 radical (unpaired) electrons. The number of nitro groups is 1. The third-order valence-electron chi connectivity index (χ3n) is 5.72. The average Bonchev–Trinajstić information content (AvgIpc) is 3.34. The molecule has 0 aromatic heterocycles. The first kappa shape index (κ1) is 19.7. The first-order valence-electron chi connectivity index (χ1n) is 9.88. The van der Waals surface area contributed by atoms with Gasteiger partial charge in [0.2, 0.25) is 6.79 Å².